The van der Waals surface area contributed by atoms with Crippen molar-refractivity contribution in [2.75, 3.05) is 5.32 Å². The van der Waals surface area contributed by atoms with E-state index in [9.17, 15) is 0 Å². The van der Waals surface area contributed by atoms with Crippen LogP contribution in [-0.2, 0) is 5.41 Å². The number of rotatable bonds is 5. The fourth-order valence-electron chi connectivity index (χ4n) is 3.17. The van der Waals surface area contributed by atoms with Crippen molar-refractivity contribution >= 4 is 5.69 Å². The van der Waals surface area contributed by atoms with E-state index in [-0.39, 0.29) is 5.41 Å². The molecule has 2 aromatic rings. The molecule has 2 rings (SSSR count). The van der Waals surface area contributed by atoms with Crippen LogP contribution in [0.3, 0.4) is 0 Å². The lowest BCUT2D eigenvalue weighted by atomic mass is 9.79. The number of hydrogen-bond acceptors (Lipinski definition) is 1. The SMILES string of the molecule is Cc1cc(C)cc(NC(C)CC(C)(C)c2ccccc2)c1. The second kappa shape index (κ2) is 6.34. The van der Waals surface area contributed by atoms with Gasteiger partial charge in [0.1, 0.15) is 0 Å². The van der Waals surface area contributed by atoms with Crippen molar-refractivity contribution in [3.05, 3.63) is 65.2 Å². The Hall–Kier alpha value is -1.76. The third-order valence-electron chi connectivity index (χ3n) is 4.01. The van der Waals surface area contributed by atoms with Gasteiger partial charge in [-0.3, -0.25) is 0 Å². The number of hydrogen-bond donors (Lipinski definition) is 1. The third kappa shape index (κ3) is 4.35. The molecule has 0 saturated heterocycles. The molecule has 1 nitrogen and oxygen atoms in total. The monoisotopic (exact) mass is 281 g/mol. The van der Waals surface area contributed by atoms with Gasteiger partial charge in [0.15, 0.2) is 0 Å². The van der Waals surface area contributed by atoms with Crippen LogP contribution in [0.4, 0.5) is 5.69 Å². The van der Waals surface area contributed by atoms with Crippen LogP contribution in [0.5, 0.6) is 0 Å². The summed E-state index contributed by atoms with van der Waals surface area (Å²) < 4.78 is 0. The molecule has 0 spiro atoms. The number of aryl methyl sites for hydroxylation is 2. The summed E-state index contributed by atoms with van der Waals surface area (Å²) >= 11 is 0. The summed E-state index contributed by atoms with van der Waals surface area (Å²) in [7, 11) is 0. The van der Waals surface area contributed by atoms with Gasteiger partial charge in [-0.1, -0.05) is 50.2 Å². The smallest absolute Gasteiger partial charge is 0.0347 e. The van der Waals surface area contributed by atoms with E-state index < -0.39 is 0 Å². The molecule has 21 heavy (non-hydrogen) atoms. The highest BCUT2D eigenvalue weighted by Crippen LogP contribution is 2.29. The zero-order chi connectivity index (χ0) is 15.5. The second-order valence-electron chi connectivity index (χ2n) is 6.88. The minimum atomic E-state index is 0.173. The highest BCUT2D eigenvalue weighted by atomic mass is 14.9. The quantitative estimate of drug-likeness (QED) is 0.766. The average Bonchev–Trinajstić information content (AvgIpc) is 2.37. The molecule has 2 aromatic carbocycles. The zero-order valence-corrected chi connectivity index (χ0v) is 13.9. The Morgan fingerprint density at radius 2 is 1.52 bits per heavy atom. The van der Waals surface area contributed by atoms with Crippen LogP contribution in [0.2, 0.25) is 0 Å². The Bertz CT molecular complexity index is 564. The highest BCUT2D eigenvalue weighted by molar-refractivity contribution is 5.49. The molecular formula is C20H27N. The number of anilines is 1. The first kappa shape index (κ1) is 15.6. The Kier molecular flexibility index (Phi) is 4.72. The van der Waals surface area contributed by atoms with E-state index >= 15 is 0 Å². The van der Waals surface area contributed by atoms with Crippen LogP contribution in [0.1, 0.15) is 43.9 Å². The van der Waals surface area contributed by atoms with Crippen LogP contribution < -0.4 is 5.32 Å². The summed E-state index contributed by atoms with van der Waals surface area (Å²) in [6, 6.07) is 17.9. The summed E-state index contributed by atoms with van der Waals surface area (Å²) in [6.07, 6.45) is 1.10. The normalized spacial score (nSPS) is 13.0. The van der Waals surface area contributed by atoms with Gasteiger partial charge >= 0.3 is 0 Å². The molecule has 1 unspecified atom stereocenters. The maximum Gasteiger partial charge on any atom is 0.0347 e. The van der Waals surface area contributed by atoms with Crippen LogP contribution in [0.25, 0.3) is 0 Å². The summed E-state index contributed by atoms with van der Waals surface area (Å²) in [5.41, 5.74) is 5.42. The van der Waals surface area contributed by atoms with Crippen LogP contribution in [0, 0.1) is 13.8 Å². The molecule has 0 heterocycles. The first-order valence-electron chi connectivity index (χ1n) is 7.77. The first-order chi connectivity index (χ1) is 9.87. The molecule has 0 aliphatic rings. The van der Waals surface area contributed by atoms with Crippen molar-refractivity contribution in [1.29, 1.82) is 0 Å². The third-order valence-corrected chi connectivity index (χ3v) is 4.01. The van der Waals surface area contributed by atoms with Gasteiger partial charge in [-0.15, -0.1) is 0 Å². The molecular weight excluding hydrogens is 254 g/mol. The maximum absolute atomic E-state index is 3.65. The average molecular weight is 281 g/mol. The van der Waals surface area contributed by atoms with E-state index in [1.807, 2.05) is 0 Å². The van der Waals surface area contributed by atoms with Crippen LogP contribution >= 0.6 is 0 Å². The molecule has 0 saturated carbocycles. The first-order valence-corrected chi connectivity index (χ1v) is 7.77. The largest absolute Gasteiger partial charge is 0.383 e. The van der Waals surface area contributed by atoms with Gasteiger partial charge in [0, 0.05) is 11.7 Å². The van der Waals surface area contributed by atoms with E-state index in [2.05, 4.69) is 88.5 Å². The molecule has 1 atom stereocenters. The predicted octanol–water partition coefficient (Wildman–Crippen LogP) is 5.47. The molecule has 0 bridgehead atoms. The van der Waals surface area contributed by atoms with Gasteiger partial charge in [0.05, 0.1) is 0 Å². The second-order valence-corrected chi connectivity index (χ2v) is 6.88. The Morgan fingerprint density at radius 1 is 0.952 bits per heavy atom. The van der Waals surface area contributed by atoms with E-state index in [1.165, 1.54) is 22.4 Å². The van der Waals surface area contributed by atoms with E-state index in [0.29, 0.717) is 6.04 Å². The minimum Gasteiger partial charge on any atom is -0.383 e. The van der Waals surface area contributed by atoms with Gasteiger partial charge in [-0.25, -0.2) is 0 Å². The van der Waals surface area contributed by atoms with E-state index in [0.717, 1.165) is 6.42 Å². The molecule has 0 fully saturated rings. The van der Waals surface area contributed by atoms with Crippen molar-refractivity contribution in [3.63, 3.8) is 0 Å². The van der Waals surface area contributed by atoms with Gasteiger partial charge in [-0.05, 0) is 61.4 Å². The van der Waals surface area contributed by atoms with Crippen LogP contribution in [-0.4, -0.2) is 6.04 Å². The predicted molar refractivity (Wildman–Crippen MR) is 93.1 cm³/mol. The van der Waals surface area contributed by atoms with Gasteiger partial charge in [0.25, 0.3) is 0 Å². The Labute approximate surface area is 129 Å². The van der Waals surface area contributed by atoms with Crippen LogP contribution in [0.15, 0.2) is 48.5 Å². The molecule has 0 amide bonds. The number of benzene rings is 2. The summed E-state index contributed by atoms with van der Waals surface area (Å²) in [4.78, 5) is 0. The van der Waals surface area contributed by atoms with Gasteiger partial charge in [-0.2, -0.15) is 0 Å². The van der Waals surface area contributed by atoms with Crippen molar-refractivity contribution < 1.29 is 0 Å². The zero-order valence-electron chi connectivity index (χ0n) is 13.9. The molecule has 1 heteroatoms. The standard InChI is InChI=1S/C20H27N/c1-15-11-16(2)13-19(12-15)21-17(3)14-20(4,5)18-9-7-6-8-10-18/h6-13,17,21H,14H2,1-5H3. The van der Waals surface area contributed by atoms with Crippen molar-refractivity contribution in [2.45, 2.75) is 52.5 Å². The molecule has 112 valence electrons. The maximum atomic E-state index is 3.65. The van der Waals surface area contributed by atoms with Crippen molar-refractivity contribution in [3.8, 4) is 0 Å². The van der Waals surface area contributed by atoms with Crippen molar-refractivity contribution in [2.24, 2.45) is 0 Å². The summed E-state index contributed by atoms with van der Waals surface area (Å²) in [5.74, 6) is 0. The number of nitrogens with one attached hydrogen (secondary N) is 1. The fraction of sp³-hybridized carbons (Fsp3) is 0.400. The molecule has 1 N–H and O–H groups in total. The lowest BCUT2D eigenvalue weighted by Crippen LogP contribution is -2.27. The van der Waals surface area contributed by atoms with E-state index in [1.54, 1.807) is 0 Å². The van der Waals surface area contributed by atoms with Gasteiger partial charge in [0.2, 0.25) is 0 Å². The lowest BCUT2D eigenvalue weighted by molar-refractivity contribution is 0.450. The van der Waals surface area contributed by atoms with Crippen molar-refractivity contribution in [1.82, 2.24) is 0 Å². The topological polar surface area (TPSA) is 12.0 Å². The van der Waals surface area contributed by atoms with E-state index in [4.69, 9.17) is 0 Å². The lowest BCUT2D eigenvalue weighted by Gasteiger charge is -2.29. The fourth-order valence-corrected chi connectivity index (χ4v) is 3.17. The van der Waals surface area contributed by atoms with Gasteiger partial charge < -0.3 is 5.32 Å². The molecule has 0 aliphatic carbocycles. The molecule has 0 aliphatic heterocycles. The highest BCUT2D eigenvalue weighted by Gasteiger charge is 2.23. The summed E-state index contributed by atoms with van der Waals surface area (Å²) in [6.45, 7) is 11.2. The molecule has 0 radical (unpaired) electrons. The summed E-state index contributed by atoms with van der Waals surface area (Å²) in [5, 5.41) is 3.65. The minimum absolute atomic E-state index is 0.173. The Morgan fingerprint density at radius 3 is 2.10 bits per heavy atom. The molecule has 0 aromatic heterocycles. The Balaban J connectivity index is 2.05.